The van der Waals surface area contributed by atoms with Crippen molar-refractivity contribution in [3.05, 3.63) is 0 Å². The SMILES string of the molecule is O=S(=O)([O-])CCCCOCC(F)(F)C(F)(F)C(F)(F)C(F)(F)C(F)(F)C(F)(F)C(F)(F)C(F)(F)F.[Na+]. The van der Waals surface area contributed by atoms with Crippen LogP contribution in [0.3, 0.4) is 0 Å². The van der Waals surface area contributed by atoms with E-state index in [1.54, 1.807) is 0 Å². The van der Waals surface area contributed by atoms with Gasteiger partial charge in [0.25, 0.3) is 0 Å². The number of ether oxygens (including phenoxy) is 1. The van der Waals surface area contributed by atoms with Crippen molar-refractivity contribution in [3.8, 4) is 0 Å². The van der Waals surface area contributed by atoms with E-state index < -0.39 is 89.6 Å². The molecule has 0 N–H and O–H groups in total. The fraction of sp³-hybridized carbons (Fsp3) is 1.00. The van der Waals surface area contributed by atoms with E-state index in [4.69, 9.17) is 0 Å². The zero-order valence-electron chi connectivity index (χ0n) is 17.0. The van der Waals surface area contributed by atoms with Gasteiger partial charge in [-0.1, -0.05) is 0 Å². The van der Waals surface area contributed by atoms with Gasteiger partial charge >= 0.3 is 77.2 Å². The first kappa shape index (κ1) is 37.8. The van der Waals surface area contributed by atoms with Crippen LogP contribution in [0.4, 0.5) is 74.6 Å². The molecule has 36 heavy (non-hydrogen) atoms. The normalized spacial score (nSPS) is 15.6. The fourth-order valence-corrected chi connectivity index (χ4v) is 2.53. The molecule has 0 amide bonds. The van der Waals surface area contributed by atoms with Crippen molar-refractivity contribution in [1.82, 2.24) is 0 Å². The van der Waals surface area contributed by atoms with Crippen LogP contribution in [-0.2, 0) is 14.9 Å². The van der Waals surface area contributed by atoms with Gasteiger partial charge < -0.3 is 9.29 Å². The summed E-state index contributed by atoms with van der Waals surface area (Å²) in [6.07, 6.45) is -9.26. The molecule has 0 aliphatic heterocycles. The van der Waals surface area contributed by atoms with Crippen molar-refractivity contribution >= 4 is 10.1 Å². The zero-order valence-corrected chi connectivity index (χ0v) is 19.8. The predicted molar refractivity (Wildman–Crippen MR) is 75.3 cm³/mol. The molecule has 0 bridgehead atoms. The van der Waals surface area contributed by atoms with Gasteiger partial charge in [-0.15, -0.1) is 0 Å². The molecule has 0 atom stereocenters. The summed E-state index contributed by atoms with van der Waals surface area (Å²) in [4.78, 5) is 0. The van der Waals surface area contributed by atoms with Crippen LogP contribution in [0, 0.1) is 0 Å². The van der Waals surface area contributed by atoms with Gasteiger partial charge in [-0.05, 0) is 12.8 Å². The van der Waals surface area contributed by atoms with Crippen molar-refractivity contribution in [2.24, 2.45) is 0 Å². The quantitative estimate of drug-likeness (QED) is 0.140. The number of hydrogen-bond acceptors (Lipinski definition) is 4. The maximum absolute atomic E-state index is 13.5. The summed E-state index contributed by atoms with van der Waals surface area (Å²) < 4.78 is 256. The number of rotatable bonds is 13. The summed E-state index contributed by atoms with van der Waals surface area (Å²) >= 11 is 0. The summed E-state index contributed by atoms with van der Waals surface area (Å²) in [5.41, 5.74) is 0. The van der Waals surface area contributed by atoms with Gasteiger partial charge in [0, 0.05) is 12.4 Å². The Morgan fingerprint density at radius 2 is 0.889 bits per heavy atom. The number of halogens is 17. The molecule has 0 aliphatic carbocycles. The number of hydrogen-bond donors (Lipinski definition) is 0. The van der Waals surface area contributed by atoms with Gasteiger partial charge in [0.1, 0.15) is 6.61 Å². The van der Waals surface area contributed by atoms with E-state index in [0.717, 1.165) is 0 Å². The maximum Gasteiger partial charge on any atom is 1.00 e. The van der Waals surface area contributed by atoms with Crippen molar-refractivity contribution < 1.29 is 122 Å². The summed E-state index contributed by atoms with van der Waals surface area (Å²) in [6, 6.07) is 0. The summed E-state index contributed by atoms with van der Waals surface area (Å²) in [7, 11) is -4.86. The molecular formula is C13H10F17NaO4S. The van der Waals surface area contributed by atoms with Crippen LogP contribution in [0.15, 0.2) is 0 Å². The molecule has 0 aromatic rings. The Bertz CT molecular complexity index is 840. The van der Waals surface area contributed by atoms with Crippen molar-refractivity contribution in [2.45, 2.75) is 60.5 Å². The van der Waals surface area contributed by atoms with Crippen molar-refractivity contribution in [3.63, 3.8) is 0 Å². The van der Waals surface area contributed by atoms with Crippen molar-refractivity contribution in [2.75, 3.05) is 19.0 Å². The molecule has 0 fully saturated rings. The second-order valence-corrected chi connectivity index (χ2v) is 8.19. The van der Waals surface area contributed by atoms with Crippen LogP contribution in [0.1, 0.15) is 12.8 Å². The minimum absolute atomic E-state index is 0. The Labute approximate surface area is 211 Å². The van der Waals surface area contributed by atoms with E-state index in [-0.39, 0.29) is 29.6 Å². The summed E-state index contributed by atoms with van der Waals surface area (Å²) in [6.45, 7) is -4.34. The van der Waals surface area contributed by atoms with Crippen molar-refractivity contribution in [1.29, 1.82) is 0 Å². The first-order valence-corrected chi connectivity index (χ1v) is 9.76. The third-order valence-electron chi connectivity index (χ3n) is 4.00. The molecular weight excluding hydrogens is 598 g/mol. The van der Waals surface area contributed by atoms with E-state index in [9.17, 15) is 87.6 Å². The van der Waals surface area contributed by atoms with Crippen LogP contribution in [0.5, 0.6) is 0 Å². The van der Waals surface area contributed by atoms with Gasteiger partial charge in [-0.2, -0.15) is 74.6 Å². The minimum atomic E-state index is -8.70. The van der Waals surface area contributed by atoms with Crippen LogP contribution in [0.2, 0.25) is 0 Å². The molecule has 0 radical (unpaired) electrons. The number of unbranched alkanes of at least 4 members (excludes halogenated alkanes) is 1. The Morgan fingerprint density at radius 3 is 1.22 bits per heavy atom. The molecule has 0 saturated carbocycles. The van der Waals surface area contributed by atoms with Crippen LogP contribution in [0.25, 0.3) is 0 Å². The number of alkyl halides is 17. The average Bonchev–Trinajstić information content (AvgIpc) is 2.61. The molecule has 0 heterocycles. The second-order valence-electron chi connectivity index (χ2n) is 6.67. The molecule has 0 rings (SSSR count). The smallest absolute Gasteiger partial charge is 0.748 e. The average molecular weight is 608 g/mol. The molecule has 0 unspecified atom stereocenters. The van der Waals surface area contributed by atoms with Gasteiger partial charge in [-0.3, -0.25) is 0 Å². The predicted octanol–water partition coefficient (Wildman–Crippen LogP) is 2.34. The Hall–Kier alpha value is -0.320. The molecule has 4 nitrogen and oxygen atoms in total. The summed E-state index contributed by atoms with van der Waals surface area (Å²) in [5, 5.41) is 0. The van der Waals surface area contributed by atoms with E-state index in [1.807, 2.05) is 0 Å². The largest absolute Gasteiger partial charge is 1.00 e. The van der Waals surface area contributed by atoms with E-state index >= 15 is 0 Å². The summed E-state index contributed by atoms with van der Waals surface area (Å²) in [5.74, 6) is -58.2. The van der Waals surface area contributed by atoms with Gasteiger partial charge in [-0.25, -0.2) is 8.42 Å². The molecule has 23 heteroatoms. The molecule has 0 aliphatic rings. The molecule has 0 saturated heterocycles. The molecule has 212 valence electrons. The van der Waals surface area contributed by atoms with Gasteiger partial charge in [0.2, 0.25) is 0 Å². The second kappa shape index (κ2) is 11.0. The van der Waals surface area contributed by atoms with Gasteiger partial charge in [0.15, 0.2) is 0 Å². The fourth-order valence-electron chi connectivity index (χ4n) is 1.97. The Balaban J connectivity index is 0. The van der Waals surface area contributed by atoms with E-state index in [1.165, 1.54) is 0 Å². The van der Waals surface area contributed by atoms with E-state index in [2.05, 4.69) is 4.74 Å². The third-order valence-corrected chi connectivity index (χ3v) is 4.79. The van der Waals surface area contributed by atoms with E-state index in [0.29, 0.717) is 0 Å². The topological polar surface area (TPSA) is 66.4 Å². The zero-order chi connectivity index (χ0) is 28.7. The molecule has 0 aromatic heterocycles. The minimum Gasteiger partial charge on any atom is -0.748 e. The molecule has 0 aromatic carbocycles. The van der Waals surface area contributed by atoms with Gasteiger partial charge in [0.05, 0.1) is 10.1 Å². The Morgan fingerprint density at radius 1 is 0.556 bits per heavy atom. The Kier molecular flexibility index (Phi) is 11.6. The van der Waals surface area contributed by atoms with Crippen LogP contribution in [-0.4, -0.2) is 79.6 Å². The first-order valence-electron chi connectivity index (χ1n) is 8.18. The van der Waals surface area contributed by atoms with Crippen LogP contribution < -0.4 is 29.6 Å². The standard InChI is InChI=1S/C13H11F17O4S.Na/c14-6(15,5-34-3-1-2-4-35(31,32)33)7(16,17)8(18,19)9(20,21)10(22,23)11(24,25)12(26,27)13(28,29)30;/h1-5H2,(H,31,32,33);/q;+1/p-1. The molecule has 0 spiro atoms. The third kappa shape index (κ3) is 6.63. The maximum atomic E-state index is 13.5. The first-order chi connectivity index (χ1) is 15.0. The monoisotopic (exact) mass is 608 g/mol. The van der Waals surface area contributed by atoms with Crippen LogP contribution >= 0.6 is 0 Å².